The largest absolute Gasteiger partial charge is 0.379 e. The third-order valence-corrected chi connectivity index (χ3v) is 3.34. The molecule has 19 heavy (non-hydrogen) atoms. The fourth-order valence-electron chi connectivity index (χ4n) is 2.32. The van der Waals surface area contributed by atoms with Crippen LogP contribution in [0.25, 0.3) is 0 Å². The van der Waals surface area contributed by atoms with Crippen molar-refractivity contribution in [3.63, 3.8) is 0 Å². The maximum atomic E-state index is 5.59. The van der Waals surface area contributed by atoms with E-state index < -0.39 is 0 Å². The van der Waals surface area contributed by atoms with Gasteiger partial charge in [-0.05, 0) is 25.0 Å². The zero-order chi connectivity index (χ0) is 12.9. The van der Waals surface area contributed by atoms with Crippen LogP contribution in [0.3, 0.4) is 0 Å². The second-order valence-corrected chi connectivity index (χ2v) is 4.85. The van der Waals surface area contributed by atoms with Crippen LogP contribution < -0.4 is 5.32 Å². The average molecular weight is 257 g/mol. The van der Waals surface area contributed by atoms with Crippen molar-refractivity contribution < 1.29 is 9.47 Å². The molecule has 1 fully saturated rings. The molecule has 1 heterocycles. The van der Waals surface area contributed by atoms with Crippen LogP contribution in [0.4, 0.5) is 5.69 Å². The van der Waals surface area contributed by atoms with Crippen LogP contribution in [-0.2, 0) is 9.47 Å². The summed E-state index contributed by atoms with van der Waals surface area (Å²) >= 11 is 0. The Morgan fingerprint density at radius 3 is 2.47 bits per heavy atom. The number of benzene rings is 1. The Hall–Kier alpha value is -1.58. The Kier molecular flexibility index (Phi) is 3.96. The van der Waals surface area contributed by atoms with E-state index in [1.165, 1.54) is 0 Å². The number of hydrogen-bond acceptors (Lipinski definition) is 3. The van der Waals surface area contributed by atoms with Gasteiger partial charge in [-0.25, -0.2) is 0 Å². The molecule has 100 valence electrons. The third-order valence-electron chi connectivity index (χ3n) is 3.34. The molecular formula is C16H19NO2. The van der Waals surface area contributed by atoms with Crippen LogP contribution in [0.2, 0.25) is 0 Å². The Morgan fingerprint density at radius 1 is 1.00 bits per heavy atom. The number of allylic oxidation sites excluding steroid dienone is 2. The van der Waals surface area contributed by atoms with Gasteiger partial charge in [0.15, 0.2) is 6.29 Å². The summed E-state index contributed by atoms with van der Waals surface area (Å²) < 4.78 is 11.2. The first-order valence-electron chi connectivity index (χ1n) is 6.85. The van der Waals surface area contributed by atoms with Gasteiger partial charge in [0.25, 0.3) is 0 Å². The van der Waals surface area contributed by atoms with E-state index >= 15 is 0 Å². The molecule has 1 saturated heterocycles. The molecule has 1 atom stereocenters. The van der Waals surface area contributed by atoms with Crippen LogP contribution in [-0.4, -0.2) is 19.3 Å². The van der Waals surface area contributed by atoms with E-state index in [9.17, 15) is 0 Å². The summed E-state index contributed by atoms with van der Waals surface area (Å²) in [4.78, 5) is 0. The van der Waals surface area contributed by atoms with Crippen LogP contribution in [0.5, 0.6) is 0 Å². The SMILES string of the molecule is C1=CCC(Nc2ccc(C3OCCCO3)cc2)C=C1. The molecule has 3 heteroatoms. The van der Waals surface area contributed by atoms with E-state index in [2.05, 4.69) is 53.9 Å². The Labute approximate surface area is 113 Å². The molecule has 3 nitrogen and oxygen atoms in total. The monoisotopic (exact) mass is 257 g/mol. The molecule has 0 amide bonds. The Balaban J connectivity index is 1.61. The summed E-state index contributed by atoms with van der Waals surface area (Å²) in [6, 6.07) is 8.70. The zero-order valence-corrected chi connectivity index (χ0v) is 10.9. The standard InChI is InChI=1S/C16H19NO2/c1-2-5-14(6-3-1)17-15-9-7-13(8-10-15)16-18-11-4-12-19-16/h1-3,5,7-10,14,16-17H,4,6,11-12H2. The quantitative estimate of drug-likeness (QED) is 0.900. The van der Waals surface area contributed by atoms with Gasteiger partial charge in [-0.1, -0.05) is 36.4 Å². The molecule has 1 aliphatic carbocycles. The number of nitrogens with one attached hydrogen (secondary N) is 1. The third kappa shape index (κ3) is 3.25. The summed E-state index contributed by atoms with van der Waals surface area (Å²) in [7, 11) is 0. The Morgan fingerprint density at radius 2 is 1.79 bits per heavy atom. The highest BCUT2D eigenvalue weighted by atomic mass is 16.7. The van der Waals surface area contributed by atoms with Crippen LogP contribution in [0.15, 0.2) is 48.6 Å². The van der Waals surface area contributed by atoms with Crippen LogP contribution >= 0.6 is 0 Å². The number of anilines is 1. The predicted molar refractivity (Wildman–Crippen MR) is 76.0 cm³/mol. The van der Waals surface area contributed by atoms with Crippen molar-refractivity contribution in [1.82, 2.24) is 0 Å². The van der Waals surface area contributed by atoms with Crippen molar-refractivity contribution in [3.8, 4) is 0 Å². The number of ether oxygens (including phenoxy) is 2. The second-order valence-electron chi connectivity index (χ2n) is 4.85. The molecule has 1 aromatic rings. The molecule has 0 radical (unpaired) electrons. The molecule has 1 unspecified atom stereocenters. The second kappa shape index (κ2) is 6.04. The van der Waals surface area contributed by atoms with Crippen LogP contribution in [0, 0.1) is 0 Å². The van der Waals surface area contributed by atoms with Crippen molar-refractivity contribution in [3.05, 3.63) is 54.1 Å². The minimum atomic E-state index is -0.194. The molecule has 0 aromatic heterocycles. The first-order valence-corrected chi connectivity index (χ1v) is 6.85. The zero-order valence-electron chi connectivity index (χ0n) is 10.9. The number of hydrogen-bond donors (Lipinski definition) is 1. The molecule has 0 spiro atoms. The van der Waals surface area contributed by atoms with Crippen molar-refractivity contribution in [1.29, 1.82) is 0 Å². The minimum absolute atomic E-state index is 0.194. The van der Waals surface area contributed by atoms with E-state index in [1.54, 1.807) is 0 Å². The van der Waals surface area contributed by atoms with E-state index in [0.717, 1.165) is 37.3 Å². The van der Waals surface area contributed by atoms with E-state index in [4.69, 9.17) is 9.47 Å². The van der Waals surface area contributed by atoms with Gasteiger partial charge in [-0.3, -0.25) is 0 Å². The summed E-state index contributed by atoms with van der Waals surface area (Å²) in [5.74, 6) is 0. The normalized spacial score (nSPS) is 23.5. The van der Waals surface area contributed by atoms with Gasteiger partial charge in [0, 0.05) is 17.3 Å². The smallest absolute Gasteiger partial charge is 0.183 e. The van der Waals surface area contributed by atoms with E-state index in [0.29, 0.717) is 6.04 Å². The van der Waals surface area contributed by atoms with Gasteiger partial charge < -0.3 is 14.8 Å². The number of rotatable bonds is 3. The lowest BCUT2D eigenvalue weighted by Gasteiger charge is -2.24. The highest BCUT2D eigenvalue weighted by Crippen LogP contribution is 2.24. The maximum Gasteiger partial charge on any atom is 0.183 e. The summed E-state index contributed by atoms with van der Waals surface area (Å²) in [5, 5.41) is 3.49. The van der Waals surface area contributed by atoms with Gasteiger partial charge in [0.1, 0.15) is 0 Å². The Bertz CT molecular complexity index is 458. The van der Waals surface area contributed by atoms with E-state index in [-0.39, 0.29) is 6.29 Å². The summed E-state index contributed by atoms with van der Waals surface area (Å²) in [5.41, 5.74) is 2.22. The minimum Gasteiger partial charge on any atom is -0.379 e. The van der Waals surface area contributed by atoms with E-state index in [1.807, 2.05) is 0 Å². The molecular weight excluding hydrogens is 238 g/mol. The molecule has 0 saturated carbocycles. The topological polar surface area (TPSA) is 30.5 Å². The highest BCUT2D eigenvalue weighted by Gasteiger charge is 2.16. The van der Waals surface area contributed by atoms with Gasteiger partial charge in [-0.15, -0.1) is 0 Å². The van der Waals surface area contributed by atoms with Crippen molar-refractivity contribution in [2.24, 2.45) is 0 Å². The van der Waals surface area contributed by atoms with Gasteiger partial charge in [0.2, 0.25) is 0 Å². The van der Waals surface area contributed by atoms with Crippen molar-refractivity contribution in [2.75, 3.05) is 18.5 Å². The lowest BCUT2D eigenvalue weighted by Crippen LogP contribution is -2.18. The van der Waals surface area contributed by atoms with Crippen molar-refractivity contribution in [2.45, 2.75) is 25.2 Å². The summed E-state index contributed by atoms with van der Waals surface area (Å²) in [6.45, 7) is 1.56. The lowest BCUT2D eigenvalue weighted by molar-refractivity contribution is -0.183. The van der Waals surface area contributed by atoms with Crippen LogP contribution in [0.1, 0.15) is 24.7 Å². The maximum absolute atomic E-state index is 5.59. The molecule has 1 aliphatic heterocycles. The van der Waals surface area contributed by atoms with Gasteiger partial charge in [0.05, 0.1) is 13.2 Å². The van der Waals surface area contributed by atoms with Gasteiger partial charge >= 0.3 is 0 Å². The predicted octanol–water partition coefficient (Wildman–Crippen LogP) is 3.42. The molecule has 2 aliphatic rings. The molecule has 1 aromatic carbocycles. The first-order chi connectivity index (χ1) is 9.42. The van der Waals surface area contributed by atoms with Gasteiger partial charge in [-0.2, -0.15) is 0 Å². The highest BCUT2D eigenvalue weighted by molar-refractivity contribution is 5.47. The molecule has 0 bridgehead atoms. The average Bonchev–Trinajstić information content (AvgIpc) is 2.50. The molecule has 3 rings (SSSR count). The molecule has 1 N–H and O–H groups in total. The fourth-order valence-corrected chi connectivity index (χ4v) is 2.32. The first kappa shape index (κ1) is 12.5. The fraction of sp³-hybridized carbons (Fsp3) is 0.375. The summed E-state index contributed by atoms with van der Waals surface area (Å²) in [6.07, 6.45) is 10.3. The lowest BCUT2D eigenvalue weighted by atomic mass is 10.1. The van der Waals surface area contributed by atoms with Crippen molar-refractivity contribution >= 4 is 5.69 Å².